The van der Waals surface area contributed by atoms with E-state index < -0.39 is 0 Å². The molecule has 0 aromatic carbocycles. The fraction of sp³-hybridized carbons (Fsp3) is 0.200. The molecule has 0 aliphatic rings. The fourth-order valence-electron chi connectivity index (χ4n) is 1.16. The van der Waals surface area contributed by atoms with E-state index in [9.17, 15) is 0 Å². The van der Waals surface area contributed by atoms with Crippen molar-refractivity contribution in [1.29, 1.82) is 0 Å². The van der Waals surface area contributed by atoms with Gasteiger partial charge in [-0.1, -0.05) is 0 Å². The second-order valence-electron chi connectivity index (χ2n) is 2.91. The zero-order valence-electron chi connectivity index (χ0n) is 7.40. The summed E-state index contributed by atoms with van der Waals surface area (Å²) in [6.07, 6.45) is 4.55. The minimum Gasteiger partial charge on any atom is -0.265 e. The van der Waals surface area contributed by atoms with Crippen LogP contribution < -0.4 is 0 Å². The van der Waals surface area contributed by atoms with Crippen LogP contribution in [0.1, 0.15) is 16.3 Å². The van der Waals surface area contributed by atoms with Gasteiger partial charge in [-0.05, 0) is 24.6 Å². The second kappa shape index (κ2) is 3.66. The summed E-state index contributed by atoms with van der Waals surface area (Å²) in [4.78, 5) is 8.38. The zero-order chi connectivity index (χ0) is 9.10. The van der Waals surface area contributed by atoms with Crippen molar-refractivity contribution < 1.29 is 0 Å². The van der Waals surface area contributed by atoms with Crippen LogP contribution in [-0.4, -0.2) is 9.97 Å². The monoisotopic (exact) mass is 190 g/mol. The molecule has 0 bridgehead atoms. The highest BCUT2D eigenvalue weighted by molar-refractivity contribution is 7.09. The van der Waals surface area contributed by atoms with E-state index in [1.165, 1.54) is 10.6 Å². The summed E-state index contributed by atoms with van der Waals surface area (Å²) in [5.74, 6) is 0. The summed E-state index contributed by atoms with van der Waals surface area (Å²) in [6, 6.07) is 4.05. The Morgan fingerprint density at radius 1 is 1.31 bits per heavy atom. The van der Waals surface area contributed by atoms with Gasteiger partial charge in [0.15, 0.2) is 0 Å². The maximum Gasteiger partial charge on any atom is 0.0972 e. The fourth-order valence-corrected chi connectivity index (χ4v) is 1.97. The maximum absolute atomic E-state index is 4.40. The molecule has 2 nitrogen and oxygen atoms in total. The Labute approximate surface area is 81.3 Å². The van der Waals surface area contributed by atoms with E-state index >= 15 is 0 Å². The second-order valence-corrected chi connectivity index (χ2v) is 3.86. The zero-order valence-corrected chi connectivity index (χ0v) is 8.21. The van der Waals surface area contributed by atoms with Gasteiger partial charge in [0, 0.05) is 29.9 Å². The number of thiazole rings is 1. The molecular formula is C10H10N2S. The van der Waals surface area contributed by atoms with Crippen molar-refractivity contribution >= 4 is 11.3 Å². The topological polar surface area (TPSA) is 25.8 Å². The summed E-state index contributed by atoms with van der Waals surface area (Å²) in [7, 11) is 0. The molecule has 2 heterocycles. The van der Waals surface area contributed by atoms with Gasteiger partial charge in [0.05, 0.1) is 5.01 Å². The largest absolute Gasteiger partial charge is 0.265 e. The van der Waals surface area contributed by atoms with Crippen molar-refractivity contribution in [1.82, 2.24) is 9.97 Å². The highest BCUT2D eigenvalue weighted by Gasteiger charge is 1.99. The van der Waals surface area contributed by atoms with Crippen molar-refractivity contribution in [3.63, 3.8) is 0 Å². The number of pyridine rings is 1. The van der Waals surface area contributed by atoms with Crippen LogP contribution in [0.4, 0.5) is 0 Å². The Hall–Kier alpha value is -1.22. The SMILES string of the molecule is Cc1csc(Cc2ccncc2)n1. The first-order chi connectivity index (χ1) is 6.34. The molecule has 0 saturated carbocycles. The van der Waals surface area contributed by atoms with E-state index in [0.29, 0.717) is 0 Å². The van der Waals surface area contributed by atoms with Crippen LogP contribution >= 0.6 is 11.3 Å². The number of aromatic nitrogens is 2. The van der Waals surface area contributed by atoms with Crippen molar-refractivity contribution in [3.8, 4) is 0 Å². The van der Waals surface area contributed by atoms with Crippen LogP contribution in [-0.2, 0) is 6.42 Å². The van der Waals surface area contributed by atoms with Crippen molar-refractivity contribution in [2.75, 3.05) is 0 Å². The van der Waals surface area contributed by atoms with Gasteiger partial charge < -0.3 is 0 Å². The lowest BCUT2D eigenvalue weighted by Gasteiger charge is -1.95. The summed E-state index contributed by atoms with van der Waals surface area (Å²) in [5.41, 5.74) is 2.37. The molecule has 3 heteroatoms. The van der Waals surface area contributed by atoms with Gasteiger partial charge in [-0.15, -0.1) is 11.3 Å². The van der Waals surface area contributed by atoms with Crippen molar-refractivity contribution in [2.24, 2.45) is 0 Å². The Kier molecular flexibility index (Phi) is 2.36. The Morgan fingerprint density at radius 3 is 2.69 bits per heavy atom. The predicted octanol–water partition coefficient (Wildman–Crippen LogP) is 2.44. The molecule has 2 aromatic heterocycles. The van der Waals surface area contributed by atoms with Crippen molar-refractivity contribution in [2.45, 2.75) is 13.3 Å². The molecule has 0 atom stereocenters. The highest BCUT2D eigenvalue weighted by atomic mass is 32.1. The van der Waals surface area contributed by atoms with Gasteiger partial charge in [0.1, 0.15) is 0 Å². The van der Waals surface area contributed by atoms with Crippen molar-refractivity contribution in [3.05, 3.63) is 46.2 Å². The molecule has 0 radical (unpaired) electrons. The summed E-state index contributed by atoms with van der Waals surface area (Å²) >= 11 is 1.71. The van der Waals surface area contributed by atoms with Crippen LogP contribution in [0.2, 0.25) is 0 Å². The van der Waals surface area contributed by atoms with Crippen LogP contribution in [0.25, 0.3) is 0 Å². The molecule has 66 valence electrons. The summed E-state index contributed by atoms with van der Waals surface area (Å²) in [6.45, 7) is 2.02. The third-order valence-electron chi connectivity index (χ3n) is 1.77. The molecule has 0 aliphatic carbocycles. The standard InChI is InChI=1S/C10H10N2S/c1-8-7-13-10(12-8)6-9-2-4-11-5-3-9/h2-5,7H,6H2,1H3. The van der Waals surface area contributed by atoms with Gasteiger partial charge >= 0.3 is 0 Å². The maximum atomic E-state index is 4.40. The Bertz CT molecular complexity index is 381. The van der Waals surface area contributed by atoms with E-state index in [-0.39, 0.29) is 0 Å². The Balaban J connectivity index is 2.15. The number of aryl methyl sites for hydroxylation is 1. The third-order valence-corrected chi connectivity index (χ3v) is 2.74. The van der Waals surface area contributed by atoms with Crippen LogP contribution in [0.3, 0.4) is 0 Å². The van der Waals surface area contributed by atoms with E-state index in [1.807, 2.05) is 31.5 Å². The normalized spacial score (nSPS) is 10.2. The lowest BCUT2D eigenvalue weighted by Crippen LogP contribution is -1.87. The van der Waals surface area contributed by atoms with E-state index in [1.54, 1.807) is 11.3 Å². The van der Waals surface area contributed by atoms with Gasteiger partial charge in [0.2, 0.25) is 0 Å². The number of hydrogen-bond acceptors (Lipinski definition) is 3. The first-order valence-electron chi connectivity index (χ1n) is 4.14. The minimum absolute atomic E-state index is 0.918. The first-order valence-corrected chi connectivity index (χ1v) is 5.02. The van der Waals surface area contributed by atoms with E-state index in [4.69, 9.17) is 0 Å². The average molecular weight is 190 g/mol. The lowest BCUT2D eigenvalue weighted by atomic mass is 10.2. The highest BCUT2D eigenvalue weighted by Crippen LogP contribution is 2.13. The predicted molar refractivity (Wildman–Crippen MR) is 53.9 cm³/mol. The molecule has 0 amide bonds. The summed E-state index contributed by atoms with van der Waals surface area (Å²) < 4.78 is 0. The molecule has 13 heavy (non-hydrogen) atoms. The lowest BCUT2D eigenvalue weighted by molar-refractivity contribution is 1.09. The van der Waals surface area contributed by atoms with Crippen LogP contribution in [0.15, 0.2) is 29.9 Å². The quantitative estimate of drug-likeness (QED) is 0.727. The van der Waals surface area contributed by atoms with E-state index in [2.05, 4.69) is 15.3 Å². The first kappa shape index (κ1) is 8.38. The smallest absolute Gasteiger partial charge is 0.0972 e. The molecule has 0 spiro atoms. The number of rotatable bonds is 2. The summed E-state index contributed by atoms with van der Waals surface area (Å²) in [5, 5.41) is 3.25. The third kappa shape index (κ3) is 2.12. The minimum atomic E-state index is 0.918. The van der Waals surface area contributed by atoms with Gasteiger partial charge in [0.25, 0.3) is 0 Å². The molecule has 2 aromatic rings. The van der Waals surface area contributed by atoms with Gasteiger partial charge in [-0.2, -0.15) is 0 Å². The number of hydrogen-bond donors (Lipinski definition) is 0. The molecule has 0 N–H and O–H groups in total. The van der Waals surface area contributed by atoms with Gasteiger partial charge in [-0.3, -0.25) is 4.98 Å². The molecule has 0 saturated heterocycles. The Morgan fingerprint density at radius 2 is 2.08 bits per heavy atom. The molecule has 2 rings (SSSR count). The number of nitrogens with zero attached hydrogens (tertiary/aromatic N) is 2. The van der Waals surface area contributed by atoms with Gasteiger partial charge in [-0.25, -0.2) is 4.98 Å². The van der Waals surface area contributed by atoms with Crippen LogP contribution in [0.5, 0.6) is 0 Å². The average Bonchev–Trinajstić information content (AvgIpc) is 2.53. The molecule has 0 aliphatic heterocycles. The molecule has 0 unspecified atom stereocenters. The molecule has 0 fully saturated rings. The molecular weight excluding hydrogens is 180 g/mol. The van der Waals surface area contributed by atoms with E-state index in [0.717, 1.165) is 12.1 Å². The van der Waals surface area contributed by atoms with Crippen LogP contribution in [0, 0.1) is 6.92 Å².